The van der Waals surface area contributed by atoms with Crippen molar-refractivity contribution in [3.05, 3.63) is 46.0 Å². The monoisotopic (exact) mass is 349 g/mol. The standard InChI is InChI=1S/C18H17Cl2NO2/c1-21-16(22)15-10-3-2-4-11(6-5-10)18(15,17(21)23)12-7-8-13(19)14(20)9-12/h5-11,15H,2-4H2,1H3. The summed E-state index contributed by atoms with van der Waals surface area (Å²) in [7, 11) is 1.60. The van der Waals surface area contributed by atoms with Crippen LogP contribution in [-0.4, -0.2) is 23.8 Å². The van der Waals surface area contributed by atoms with Crippen LogP contribution in [-0.2, 0) is 15.0 Å². The van der Waals surface area contributed by atoms with E-state index in [4.69, 9.17) is 23.2 Å². The fourth-order valence-corrected chi connectivity index (χ4v) is 5.09. The third-order valence-corrected chi connectivity index (χ3v) is 6.54. The Morgan fingerprint density at radius 2 is 1.91 bits per heavy atom. The fraction of sp³-hybridized carbons (Fsp3) is 0.444. The zero-order valence-electron chi connectivity index (χ0n) is 12.8. The van der Waals surface area contributed by atoms with Gasteiger partial charge < -0.3 is 0 Å². The van der Waals surface area contributed by atoms with E-state index in [-0.39, 0.29) is 29.6 Å². The first-order chi connectivity index (χ1) is 11.0. The van der Waals surface area contributed by atoms with Crippen LogP contribution in [0.1, 0.15) is 24.8 Å². The van der Waals surface area contributed by atoms with Crippen LogP contribution in [0.5, 0.6) is 0 Å². The van der Waals surface area contributed by atoms with Crippen LogP contribution in [0, 0.1) is 17.8 Å². The van der Waals surface area contributed by atoms with E-state index in [2.05, 4.69) is 12.2 Å². The van der Waals surface area contributed by atoms with Gasteiger partial charge >= 0.3 is 0 Å². The molecule has 2 bridgehead atoms. The van der Waals surface area contributed by atoms with Crippen LogP contribution in [0.4, 0.5) is 0 Å². The van der Waals surface area contributed by atoms with Gasteiger partial charge in [-0.2, -0.15) is 0 Å². The second-order valence-corrected chi connectivity index (χ2v) is 7.58. The van der Waals surface area contributed by atoms with Gasteiger partial charge in [-0.15, -0.1) is 0 Å². The van der Waals surface area contributed by atoms with Crippen LogP contribution in [0.25, 0.3) is 0 Å². The number of carbonyl (C=O) groups excluding carboxylic acids is 2. The highest BCUT2D eigenvalue weighted by atomic mass is 35.5. The van der Waals surface area contributed by atoms with Crippen molar-refractivity contribution >= 4 is 35.0 Å². The molecule has 5 heteroatoms. The Labute approximate surface area is 145 Å². The number of allylic oxidation sites excluding steroid dienone is 2. The van der Waals surface area contributed by atoms with Crippen molar-refractivity contribution in [2.24, 2.45) is 17.8 Å². The van der Waals surface area contributed by atoms with Crippen LogP contribution in [0.3, 0.4) is 0 Å². The molecule has 1 aliphatic heterocycles. The Bertz CT molecular complexity index is 745. The highest BCUT2D eigenvalue weighted by Crippen LogP contribution is 2.57. The number of halogens is 2. The molecule has 2 fully saturated rings. The summed E-state index contributed by atoms with van der Waals surface area (Å²) in [6, 6.07) is 5.36. The van der Waals surface area contributed by atoms with E-state index in [0.29, 0.717) is 10.0 Å². The van der Waals surface area contributed by atoms with Gasteiger partial charge in [0.05, 0.1) is 21.4 Å². The molecule has 1 aromatic carbocycles. The summed E-state index contributed by atoms with van der Waals surface area (Å²) in [6.07, 6.45) is 7.18. The smallest absolute Gasteiger partial charge is 0.241 e. The first-order valence-electron chi connectivity index (χ1n) is 7.93. The third-order valence-electron chi connectivity index (χ3n) is 5.80. The number of nitrogens with zero attached hydrogens (tertiary/aromatic N) is 1. The van der Waals surface area contributed by atoms with Gasteiger partial charge in [0.1, 0.15) is 0 Å². The molecule has 4 aliphatic rings. The Morgan fingerprint density at radius 3 is 2.65 bits per heavy atom. The molecule has 4 unspecified atom stereocenters. The van der Waals surface area contributed by atoms with Crippen LogP contribution < -0.4 is 0 Å². The van der Waals surface area contributed by atoms with Gasteiger partial charge in [-0.05, 0) is 42.4 Å². The largest absolute Gasteiger partial charge is 0.285 e. The average molecular weight is 350 g/mol. The summed E-state index contributed by atoms with van der Waals surface area (Å²) < 4.78 is 0. The number of amides is 2. The molecule has 3 nitrogen and oxygen atoms in total. The lowest BCUT2D eigenvalue weighted by atomic mass is 9.58. The lowest BCUT2D eigenvalue weighted by Gasteiger charge is -2.41. The summed E-state index contributed by atoms with van der Waals surface area (Å²) in [6.45, 7) is 0. The molecule has 0 radical (unpaired) electrons. The van der Waals surface area contributed by atoms with Crippen molar-refractivity contribution < 1.29 is 9.59 Å². The molecule has 2 amide bonds. The number of hydrogen-bond acceptors (Lipinski definition) is 2. The molecule has 23 heavy (non-hydrogen) atoms. The first kappa shape index (κ1) is 15.2. The van der Waals surface area contributed by atoms with E-state index in [1.54, 1.807) is 19.2 Å². The van der Waals surface area contributed by atoms with E-state index in [1.807, 2.05) is 6.07 Å². The van der Waals surface area contributed by atoms with Gasteiger partial charge in [-0.25, -0.2) is 0 Å². The van der Waals surface area contributed by atoms with Gasteiger partial charge in [-0.1, -0.05) is 47.8 Å². The van der Waals surface area contributed by atoms with Gasteiger partial charge in [-0.3, -0.25) is 14.5 Å². The van der Waals surface area contributed by atoms with Crippen LogP contribution in [0.15, 0.2) is 30.4 Å². The van der Waals surface area contributed by atoms with E-state index in [9.17, 15) is 9.59 Å². The Kier molecular flexibility index (Phi) is 3.37. The fourth-order valence-electron chi connectivity index (χ4n) is 4.79. The van der Waals surface area contributed by atoms with Crippen molar-refractivity contribution in [2.45, 2.75) is 24.7 Å². The summed E-state index contributed by atoms with van der Waals surface area (Å²) in [5.41, 5.74) is -0.00320. The zero-order chi connectivity index (χ0) is 16.4. The average Bonchev–Trinajstić information content (AvgIpc) is 2.78. The number of benzene rings is 1. The topological polar surface area (TPSA) is 37.4 Å². The quantitative estimate of drug-likeness (QED) is 0.570. The molecule has 1 saturated heterocycles. The predicted octanol–water partition coefficient (Wildman–Crippen LogP) is 3.83. The maximum atomic E-state index is 13.2. The van der Waals surface area contributed by atoms with Crippen LogP contribution in [0.2, 0.25) is 10.0 Å². The second-order valence-electron chi connectivity index (χ2n) is 6.76. The molecule has 3 aliphatic carbocycles. The first-order valence-corrected chi connectivity index (χ1v) is 8.69. The molecule has 120 valence electrons. The van der Waals surface area contributed by atoms with Crippen molar-refractivity contribution in [3.63, 3.8) is 0 Å². The van der Waals surface area contributed by atoms with Crippen molar-refractivity contribution in [1.29, 1.82) is 0 Å². The Morgan fingerprint density at radius 1 is 1.13 bits per heavy atom. The number of likely N-dealkylation sites (N-methyl/N-ethyl adjacent to an activating group) is 1. The highest BCUT2D eigenvalue weighted by molar-refractivity contribution is 6.42. The molecule has 1 saturated carbocycles. The molecule has 4 atom stereocenters. The maximum absolute atomic E-state index is 13.2. The highest BCUT2D eigenvalue weighted by Gasteiger charge is 2.65. The molecular weight excluding hydrogens is 333 g/mol. The van der Waals surface area contributed by atoms with E-state index < -0.39 is 5.41 Å². The summed E-state index contributed by atoms with van der Waals surface area (Å²) in [4.78, 5) is 27.4. The minimum Gasteiger partial charge on any atom is -0.285 e. The lowest BCUT2D eigenvalue weighted by Crippen LogP contribution is -2.48. The van der Waals surface area contributed by atoms with Gasteiger partial charge in [0.2, 0.25) is 11.8 Å². The maximum Gasteiger partial charge on any atom is 0.241 e. The third kappa shape index (κ3) is 1.84. The van der Waals surface area contributed by atoms with Crippen molar-refractivity contribution in [3.8, 4) is 0 Å². The minimum absolute atomic E-state index is 0.0323. The summed E-state index contributed by atoms with van der Waals surface area (Å²) >= 11 is 12.3. The molecule has 0 N–H and O–H groups in total. The number of hydrogen-bond donors (Lipinski definition) is 0. The molecule has 1 aromatic rings. The van der Waals surface area contributed by atoms with Gasteiger partial charge in [0.15, 0.2) is 0 Å². The van der Waals surface area contributed by atoms with Crippen LogP contribution >= 0.6 is 23.2 Å². The Balaban J connectivity index is 2.00. The molecule has 0 aromatic heterocycles. The molecule has 1 heterocycles. The number of likely N-dealkylation sites (tertiary alicyclic amines) is 1. The number of imide groups is 1. The Hall–Kier alpha value is -1.32. The SMILES string of the molecule is CN1C(=O)C2C3C=CC(CCC3)C2(c2ccc(Cl)c(Cl)c2)C1=O. The number of carbonyl (C=O) groups is 2. The van der Waals surface area contributed by atoms with Crippen molar-refractivity contribution in [2.75, 3.05) is 7.05 Å². The molecule has 5 rings (SSSR count). The summed E-state index contributed by atoms with van der Waals surface area (Å²) in [5, 5.41) is 0.888. The van der Waals surface area contributed by atoms with E-state index >= 15 is 0 Å². The number of fused-ring (bicyclic) bond motifs is 2. The normalized spacial score (nSPS) is 35.6. The van der Waals surface area contributed by atoms with Crippen molar-refractivity contribution in [1.82, 2.24) is 4.90 Å². The number of rotatable bonds is 1. The lowest BCUT2D eigenvalue weighted by molar-refractivity contribution is -0.139. The van der Waals surface area contributed by atoms with Gasteiger partial charge in [0, 0.05) is 7.05 Å². The molecule has 0 spiro atoms. The summed E-state index contributed by atoms with van der Waals surface area (Å²) in [5.74, 6) is -0.348. The second kappa shape index (κ2) is 5.09. The predicted molar refractivity (Wildman–Crippen MR) is 89.4 cm³/mol. The molecular formula is C18H17Cl2NO2. The minimum atomic E-state index is -0.823. The zero-order valence-corrected chi connectivity index (χ0v) is 14.3. The van der Waals surface area contributed by atoms with Gasteiger partial charge in [0.25, 0.3) is 0 Å². The van der Waals surface area contributed by atoms with E-state index in [1.165, 1.54) is 4.90 Å². The van der Waals surface area contributed by atoms with E-state index in [0.717, 1.165) is 24.8 Å².